The average Bonchev–Trinajstić information content (AvgIpc) is 2.35. The monoisotopic (exact) mass is 290 g/mol. The van der Waals surface area contributed by atoms with Gasteiger partial charge < -0.3 is 10.4 Å². The highest BCUT2D eigenvalue weighted by atomic mass is 32.2. The van der Waals surface area contributed by atoms with Crippen LogP contribution in [0.2, 0.25) is 0 Å². The molecule has 0 spiro atoms. The van der Waals surface area contributed by atoms with Crippen LogP contribution >= 0.6 is 0 Å². The highest BCUT2D eigenvalue weighted by Crippen LogP contribution is 2.14. The van der Waals surface area contributed by atoms with Gasteiger partial charge in [0.05, 0.1) is 12.3 Å². The first-order valence-corrected chi connectivity index (χ1v) is 8.78. The van der Waals surface area contributed by atoms with Crippen LogP contribution < -0.4 is 5.32 Å². The van der Waals surface area contributed by atoms with E-state index in [0.29, 0.717) is 13.1 Å². The normalized spacial score (nSPS) is 20.1. The molecule has 5 nitrogen and oxygen atoms in total. The molecule has 0 amide bonds. The van der Waals surface area contributed by atoms with Gasteiger partial charge >= 0.3 is 0 Å². The Bertz CT molecular complexity index is 383. The third-order valence-corrected chi connectivity index (χ3v) is 5.38. The van der Waals surface area contributed by atoms with Crippen LogP contribution in [-0.4, -0.2) is 49.6 Å². The minimum atomic E-state index is -3.40. The van der Waals surface area contributed by atoms with Crippen LogP contribution in [0.3, 0.4) is 0 Å². The van der Waals surface area contributed by atoms with Gasteiger partial charge in [-0.1, -0.05) is 6.42 Å². The second-order valence-electron chi connectivity index (χ2n) is 5.29. The number of aliphatic hydroxyl groups is 1. The summed E-state index contributed by atoms with van der Waals surface area (Å²) in [5.74, 6) is -0.0404. The number of hydrogen-bond donors (Lipinski definition) is 2. The van der Waals surface area contributed by atoms with E-state index >= 15 is 0 Å². The van der Waals surface area contributed by atoms with E-state index in [2.05, 4.69) is 10.3 Å². The molecule has 2 atom stereocenters. The van der Waals surface area contributed by atoms with Crippen LogP contribution in [0.5, 0.6) is 0 Å². The van der Waals surface area contributed by atoms with Crippen LogP contribution in [0.25, 0.3) is 0 Å². The summed E-state index contributed by atoms with van der Waals surface area (Å²) in [5.41, 5.74) is 0.0107. The summed E-state index contributed by atoms with van der Waals surface area (Å²) in [7, 11) is -3.40. The van der Waals surface area contributed by atoms with Crippen molar-refractivity contribution >= 4 is 15.5 Å². The predicted molar refractivity (Wildman–Crippen MR) is 78.3 cm³/mol. The fourth-order valence-corrected chi connectivity index (χ4v) is 3.28. The van der Waals surface area contributed by atoms with Gasteiger partial charge in [-0.2, -0.15) is 0 Å². The maximum atomic E-state index is 11.5. The standard InChI is InChI=1S/C13H26N2O3S/c1-11(10-19(17,18)12(2)16)14-8-9-15-13-6-4-3-5-7-13/h11-12,14,16H,3-10H2,1-2H3. The number of sulfone groups is 1. The highest BCUT2D eigenvalue weighted by Gasteiger charge is 2.20. The van der Waals surface area contributed by atoms with Crippen molar-refractivity contribution in [1.82, 2.24) is 5.32 Å². The Morgan fingerprint density at radius 1 is 1.26 bits per heavy atom. The Morgan fingerprint density at radius 3 is 2.47 bits per heavy atom. The van der Waals surface area contributed by atoms with Crippen molar-refractivity contribution in [2.45, 2.75) is 57.4 Å². The number of rotatable bonds is 7. The lowest BCUT2D eigenvalue weighted by atomic mass is 9.99. The van der Waals surface area contributed by atoms with Crippen molar-refractivity contribution < 1.29 is 13.5 Å². The Hall–Kier alpha value is -0.460. The summed E-state index contributed by atoms with van der Waals surface area (Å²) in [6.07, 6.45) is 6.04. The van der Waals surface area contributed by atoms with Crippen molar-refractivity contribution in [2.75, 3.05) is 18.8 Å². The number of aliphatic imine (C=N–C) groups is 1. The zero-order valence-electron chi connectivity index (χ0n) is 11.9. The van der Waals surface area contributed by atoms with E-state index in [4.69, 9.17) is 5.11 Å². The fraction of sp³-hybridized carbons (Fsp3) is 0.923. The molecule has 1 fully saturated rings. The maximum Gasteiger partial charge on any atom is 0.178 e. The molecule has 2 unspecified atom stereocenters. The zero-order chi connectivity index (χ0) is 14.3. The number of hydrogen-bond acceptors (Lipinski definition) is 5. The molecule has 19 heavy (non-hydrogen) atoms. The third kappa shape index (κ3) is 6.49. The van der Waals surface area contributed by atoms with E-state index in [1.807, 2.05) is 6.92 Å². The van der Waals surface area contributed by atoms with Crippen molar-refractivity contribution in [2.24, 2.45) is 4.99 Å². The van der Waals surface area contributed by atoms with Crippen LogP contribution in [0.4, 0.5) is 0 Å². The zero-order valence-corrected chi connectivity index (χ0v) is 12.7. The minimum Gasteiger partial charge on any atom is -0.377 e. The van der Waals surface area contributed by atoms with Crippen LogP contribution in [0.1, 0.15) is 46.0 Å². The van der Waals surface area contributed by atoms with Gasteiger partial charge in [0.2, 0.25) is 0 Å². The highest BCUT2D eigenvalue weighted by molar-refractivity contribution is 7.91. The molecular formula is C13H26N2O3S. The van der Waals surface area contributed by atoms with Gasteiger partial charge in [0.25, 0.3) is 0 Å². The van der Waals surface area contributed by atoms with E-state index in [-0.39, 0.29) is 11.8 Å². The van der Waals surface area contributed by atoms with Crippen molar-refractivity contribution in [3.05, 3.63) is 0 Å². The molecule has 1 aliphatic carbocycles. The molecule has 1 rings (SSSR count). The molecular weight excluding hydrogens is 264 g/mol. The Balaban J connectivity index is 2.22. The van der Waals surface area contributed by atoms with Crippen LogP contribution in [0.15, 0.2) is 4.99 Å². The lowest BCUT2D eigenvalue weighted by Gasteiger charge is -2.15. The van der Waals surface area contributed by atoms with Gasteiger partial charge in [0.1, 0.15) is 0 Å². The van der Waals surface area contributed by atoms with Crippen LogP contribution in [-0.2, 0) is 9.84 Å². The van der Waals surface area contributed by atoms with Gasteiger partial charge in [-0.3, -0.25) is 4.99 Å². The van der Waals surface area contributed by atoms with Gasteiger partial charge in [-0.15, -0.1) is 0 Å². The molecule has 0 saturated heterocycles. The molecule has 112 valence electrons. The summed E-state index contributed by atoms with van der Waals surface area (Å²) in [5, 5.41) is 12.3. The summed E-state index contributed by atoms with van der Waals surface area (Å²) >= 11 is 0. The largest absolute Gasteiger partial charge is 0.377 e. The summed E-state index contributed by atoms with van der Waals surface area (Å²) in [4.78, 5) is 4.54. The Kier molecular flexibility index (Phi) is 6.96. The van der Waals surface area contributed by atoms with E-state index in [0.717, 1.165) is 12.8 Å². The number of aliphatic hydroxyl groups excluding tert-OH is 1. The van der Waals surface area contributed by atoms with Crippen LogP contribution in [0, 0.1) is 0 Å². The number of nitrogens with one attached hydrogen (secondary N) is 1. The molecule has 1 aliphatic rings. The quantitative estimate of drug-likeness (QED) is 0.689. The van der Waals surface area contributed by atoms with E-state index < -0.39 is 15.3 Å². The molecule has 6 heteroatoms. The molecule has 0 radical (unpaired) electrons. The predicted octanol–water partition coefficient (Wildman–Crippen LogP) is 1.12. The van der Waals surface area contributed by atoms with Gasteiger partial charge in [0.15, 0.2) is 15.3 Å². The first-order valence-electron chi connectivity index (χ1n) is 7.07. The Morgan fingerprint density at radius 2 is 1.89 bits per heavy atom. The third-order valence-electron chi connectivity index (χ3n) is 3.37. The molecule has 2 N–H and O–H groups in total. The molecule has 0 aromatic rings. The molecule has 0 aliphatic heterocycles. The summed E-state index contributed by atoms with van der Waals surface area (Å²) in [6, 6.07) is -0.161. The average molecular weight is 290 g/mol. The lowest BCUT2D eigenvalue weighted by molar-refractivity contribution is 0.268. The second kappa shape index (κ2) is 7.97. The topological polar surface area (TPSA) is 78.8 Å². The van der Waals surface area contributed by atoms with E-state index in [1.54, 1.807) is 0 Å². The maximum absolute atomic E-state index is 11.5. The molecule has 0 heterocycles. The van der Waals surface area contributed by atoms with Crippen molar-refractivity contribution in [3.63, 3.8) is 0 Å². The molecule has 0 bridgehead atoms. The summed E-state index contributed by atoms with van der Waals surface area (Å²) in [6.45, 7) is 4.49. The van der Waals surface area contributed by atoms with Crippen molar-refractivity contribution in [1.29, 1.82) is 0 Å². The minimum absolute atomic E-state index is 0.0404. The summed E-state index contributed by atoms with van der Waals surface area (Å²) < 4.78 is 23.0. The smallest absolute Gasteiger partial charge is 0.178 e. The van der Waals surface area contributed by atoms with Crippen molar-refractivity contribution in [3.8, 4) is 0 Å². The number of nitrogens with zero attached hydrogens (tertiary/aromatic N) is 1. The van der Waals surface area contributed by atoms with Gasteiger partial charge in [0, 0.05) is 18.3 Å². The molecule has 1 saturated carbocycles. The van der Waals surface area contributed by atoms with E-state index in [9.17, 15) is 8.42 Å². The Labute approximate surface area is 116 Å². The molecule has 0 aromatic carbocycles. The second-order valence-corrected chi connectivity index (χ2v) is 7.63. The van der Waals surface area contributed by atoms with Gasteiger partial charge in [-0.05, 0) is 39.5 Å². The first-order chi connectivity index (χ1) is 8.92. The SMILES string of the molecule is CC(CS(=O)(=O)C(C)O)NCCN=C1CCCCC1. The lowest BCUT2D eigenvalue weighted by Crippen LogP contribution is -2.37. The van der Waals surface area contributed by atoms with E-state index in [1.165, 1.54) is 31.9 Å². The van der Waals surface area contributed by atoms with Gasteiger partial charge in [-0.25, -0.2) is 8.42 Å². The fourth-order valence-electron chi connectivity index (χ4n) is 2.19. The first kappa shape index (κ1) is 16.6. The molecule has 0 aromatic heterocycles.